The van der Waals surface area contributed by atoms with Gasteiger partial charge >= 0.3 is 0 Å². The lowest BCUT2D eigenvalue weighted by Gasteiger charge is -2.39. The summed E-state index contributed by atoms with van der Waals surface area (Å²) in [5, 5.41) is 0. The molecule has 5 heteroatoms. The van der Waals surface area contributed by atoms with Crippen molar-refractivity contribution in [3.8, 4) is 0 Å². The number of nitrogens with zero attached hydrogens (tertiary/aromatic N) is 3. The number of hydrogen-bond donors (Lipinski definition) is 1. The van der Waals surface area contributed by atoms with Crippen LogP contribution < -0.4 is 5.73 Å². The van der Waals surface area contributed by atoms with Crippen molar-refractivity contribution >= 4 is 5.91 Å². The molecular formula is C12H20N4O. The van der Waals surface area contributed by atoms with Gasteiger partial charge in [0.2, 0.25) is 5.91 Å². The summed E-state index contributed by atoms with van der Waals surface area (Å²) in [7, 11) is 1.96. The third-order valence-corrected chi connectivity index (χ3v) is 3.60. The molecule has 0 bridgehead atoms. The van der Waals surface area contributed by atoms with Crippen LogP contribution in [0.15, 0.2) is 12.4 Å². The van der Waals surface area contributed by atoms with Gasteiger partial charge in [-0.05, 0) is 25.8 Å². The Bertz CT molecular complexity index is 401. The van der Waals surface area contributed by atoms with E-state index in [2.05, 4.69) is 4.98 Å². The molecule has 17 heavy (non-hydrogen) atoms. The maximum atomic E-state index is 12.0. The minimum absolute atomic E-state index is 0.0336. The Hall–Kier alpha value is -1.36. The van der Waals surface area contributed by atoms with Crippen LogP contribution >= 0.6 is 0 Å². The number of piperidine rings is 1. The minimum atomic E-state index is 0.0336. The Kier molecular flexibility index (Phi) is 3.47. The lowest BCUT2D eigenvalue weighted by Crippen LogP contribution is -2.45. The van der Waals surface area contributed by atoms with Gasteiger partial charge in [-0.1, -0.05) is 0 Å². The second-order valence-corrected chi connectivity index (χ2v) is 4.56. The number of aromatic nitrogens is 2. The van der Waals surface area contributed by atoms with Crippen LogP contribution in [0.1, 0.15) is 31.6 Å². The van der Waals surface area contributed by atoms with E-state index in [1.807, 2.05) is 29.6 Å². The van der Waals surface area contributed by atoms with Gasteiger partial charge in [0, 0.05) is 32.4 Å². The number of hydrogen-bond acceptors (Lipinski definition) is 3. The molecule has 0 spiro atoms. The zero-order valence-electron chi connectivity index (χ0n) is 10.5. The van der Waals surface area contributed by atoms with Crippen molar-refractivity contribution in [2.45, 2.75) is 25.8 Å². The minimum Gasteiger partial charge on any atom is -0.336 e. The molecule has 94 valence electrons. The van der Waals surface area contributed by atoms with Gasteiger partial charge in [0.05, 0.1) is 6.04 Å². The Balaban J connectivity index is 2.36. The highest BCUT2D eigenvalue weighted by Gasteiger charge is 2.37. The fourth-order valence-electron chi connectivity index (χ4n) is 2.65. The van der Waals surface area contributed by atoms with Crippen LogP contribution in [0.5, 0.6) is 0 Å². The van der Waals surface area contributed by atoms with Crippen molar-refractivity contribution in [3.63, 3.8) is 0 Å². The van der Waals surface area contributed by atoms with Gasteiger partial charge in [-0.2, -0.15) is 0 Å². The molecule has 1 aromatic heterocycles. The molecule has 1 aliphatic rings. The predicted octanol–water partition coefficient (Wildman–Crippen LogP) is 0.678. The van der Waals surface area contributed by atoms with E-state index in [0.717, 1.165) is 12.2 Å². The smallest absolute Gasteiger partial charge is 0.223 e. The van der Waals surface area contributed by atoms with Crippen LogP contribution in [0.25, 0.3) is 0 Å². The molecule has 2 heterocycles. The summed E-state index contributed by atoms with van der Waals surface area (Å²) < 4.78 is 1.98. The van der Waals surface area contributed by atoms with Crippen molar-refractivity contribution in [1.82, 2.24) is 14.5 Å². The maximum absolute atomic E-state index is 12.0. The summed E-state index contributed by atoms with van der Waals surface area (Å²) in [5.74, 6) is 1.47. The fraction of sp³-hybridized carbons (Fsp3) is 0.667. The molecule has 0 aliphatic carbocycles. The van der Waals surface area contributed by atoms with E-state index in [0.29, 0.717) is 25.4 Å². The molecule has 1 fully saturated rings. The molecule has 2 N–H and O–H groups in total. The Labute approximate surface area is 102 Å². The number of rotatable bonds is 3. The van der Waals surface area contributed by atoms with E-state index in [1.165, 1.54) is 0 Å². The molecule has 2 rings (SSSR count). The van der Waals surface area contributed by atoms with Crippen molar-refractivity contribution < 1.29 is 4.79 Å². The number of likely N-dealkylation sites (tertiary alicyclic amines) is 1. The van der Waals surface area contributed by atoms with E-state index in [1.54, 1.807) is 6.20 Å². The number of carbonyl (C=O) groups is 1. The average molecular weight is 236 g/mol. The monoisotopic (exact) mass is 236 g/mol. The van der Waals surface area contributed by atoms with E-state index in [9.17, 15) is 4.79 Å². The topological polar surface area (TPSA) is 64.2 Å². The molecule has 1 aromatic rings. The second kappa shape index (κ2) is 4.87. The third kappa shape index (κ3) is 2.07. The van der Waals surface area contributed by atoms with Gasteiger partial charge in [-0.15, -0.1) is 0 Å². The summed E-state index contributed by atoms with van der Waals surface area (Å²) in [6.07, 6.45) is 5.16. The van der Waals surface area contributed by atoms with Gasteiger partial charge < -0.3 is 15.2 Å². The molecule has 5 nitrogen and oxygen atoms in total. The van der Waals surface area contributed by atoms with Gasteiger partial charge in [0.1, 0.15) is 5.82 Å². The van der Waals surface area contributed by atoms with Gasteiger partial charge in [-0.25, -0.2) is 4.98 Å². The highest BCUT2D eigenvalue weighted by atomic mass is 16.2. The highest BCUT2D eigenvalue weighted by molar-refractivity contribution is 5.77. The molecule has 0 aromatic carbocycles. The Morgan fingerprint density at radius 3 is 2.88 bits per heavy atom. The molecule has 2 atom stereocenters. The highest BCUT2D eigenvalue weighted by Crippen LogP contribution is 2.34. The van der Waals surface area contributed by atoms with Gasteiger partial charge in [0.15, 0.2) is 0 Å². The first-order valence-electron chi connectivity index (χ1n) is 6.15. The maximum Gasteiger partial charge on any atom is 0.223 e. The molecular weight excluding hydrogens is 216 g/mol. The van der Waals surface area contributed by atoms with Crippen molar-refractivity contribution in [2.24, 2.45) is 18.7 Å². The molecule has 1 saturated heterocycles. The number of amides is 1. The number of aryl methyl sites for hydroxylation is 1. The van der Waals surface area contributed by atoms with Crippen LogP contribution in [-0.4, -0.2) is 33.4 Å². The standard InChI is InChI=1S/C12H20N4O/c1-3-16-10(17)5-4-9(8-13)11(16)12-14-6-7-15(12)2/h6-7,9,11H,3-5,8,13H2,1-2H3. The van der Waals surface area contributed by atoms with Gasteiger partial charge in [0.25, 0.3) is 0 Å². The first kappa shape index (κ1) is 12.1. The second-order valence-electron chi connectivity index (χ2n) is 4.56. The van der Waals surface area contributed by atoms with Crippen LogP contribution in [-0.2, 0) is 11.8 Å². The molecule has 0 saturated carbocycles. The fourth-order valence-corrected chi connectivity index (χ4v) is 2.65. The first-order valence-corrected chi connectivity index (χ1v) is 6.15. The van der Waals surface area contributed by atoms with Crippen molar-refractivity contribution in [2.75, 3.05) is 13.1 Å². The number of nitrogens with two attached hydrogens (primary N) is 1. The summed E-state index contributed by atoms with van der Waals surface area (Å²) in [6.45, 7) is 3.32. The zero-order valence-corrected chi connectivity index (χ0v) is 10.5. The van der Waals surface area contributed by atoms with Crippen LogP contribution in [0.3, 0.4) is 0 Å². The number of carbonyl (C=O) groups excluding carboxylic acids is 1. The lowest BCUT2D eigenvalue weighted by atomic mass is 9.88. The summed E-state index contributed by atoms with van der Waals surface area (Å²) in [4.78, 5) is 18.2. The lowest BCUT2D eigenvalue weighted by molar-refractivity contribution is -0.138. The number of imidazole rings is 1. The van der Waals surface area contributed by atoms with E-state index in [4.69, 9.17) is 5.73 Å². The predicted molar refractivity (Wildman–Crippen MR) is 65.1 cm³/mol. The molecule has 2 unspecified atom stereocenters. The quantitative estimate of drug-likeness (QED) is 0.839. The molecule has 1 amide bonds. The summed E-state index contributed by atoms with van der Waals surface area (Å²) in [5.41, 5.74) is 5.84. The van der Waals surface area contributed by atoms with Crippen molar-refractivity contribution in [1.29, 1.82) is 0 Å². The molecule has 1 aliphatic heterocycles. The van der Waals surface area contributed by atoms with E-state index >= 15 is 0 Å². The normalized spacial score (nSPS) is 25.4. The van der Waals surface area contributed by atoms with E-state index < -0.39 is 0 Å². The van der Waals surface area contributed by atoms with Crippen molar-refractivity contribution in [3.05, 3.63) is 18.2 Å². The Morgan fingerprint density at radius 1 is 1.59 bits per heavy atom. The van der Waals surface area contributed by atoms with Crippen LogP contribution in [0.4, 0.5) is 0 Å². The first-order chi connectivity index (χ1) is 8.19. The van der Waals surface area contributed by atoms with E-state index in [-0.39, 0.29) is 11.9 Å². The SMILES string of the molecule is CCN1C(=O)CCC(CN)C1c1nccn1C. The van der Waals surface area contributed by atoms with Gasteiger partial charge in [-0.3, -0.25) is 4.79 Å². The third-order valence-electron chi connectivity index (χ3n) is 3.60. The summed E-state index contributed by atoms with van der Waals surface area (Å²) in [6, 6.07) is 0.0336. The zero-order chi connectivity index (χ0) is 12.4. The molecule has 0 radical (unpaired) electrons. The van der Waals surface area contributed by atoms with Crippen LogP contribution in [0.2, 0.25) is 0 Å². The van der Waals surface area contributed by atoms with Crippen LogP contribution in [0, 0.1) is 5.92 Å². The largest absolute Gasteiger partial charge is 0.336 e. The summed E-state index contributed by atoms with van der Waals surface area (Å²) >= 11 is 0. The average Bonchev–Trinajstić information content (AvgIpc) is 2.74. The Morgan fingerprint density at radius 2 is 2.35 bits per heavy atom.